The van der Waals surface area contributed by atoms with Crippen molar-refractivity contribution in [3.05, 3.63) is 65.0 Å². The van der Waals surface area contributed by atoms with E-state index in [1.54, 1.807) is 19.1 Å². The van der Waals surface area contributed by atoms with Crippen LogP contribution in [0.1, 0.15) is 36.6 Å². The number of halogens is 2. The highest BCUT2D eigenvalue weighted by atomic mass is 127. The van der Waals surface area contributed by atoms with Gasteiger partial charge in [-0.3, -0.25) is 4.79 Å². The zero-order valence-electron chi connectivity index (χ0n) is 16.9. The molecule has 2 aromatic rings. The van der Waals surface area contributed by atoms with E-state index in [-0.39, 0.29) is 42.4 Å². The van der Waals surface area contributed by atoms with Gasteiger partial charge in [0.1, 0.15) is 11.6 Å². The van der Waals surface area contributed by atoms with Crippen molar-refractivity contribution in [1.29, 1.82) is 0 Å². The molecule has 6 nitrogen and oxygen atoms in total. The fourth-order valence-corrected chi connectivity index (χ4v) is 2.55. The summed E-state index contributed by atoms with van der Waals surface area (Å²) in [7, 11) is 0. The van der Waals surface area contributed by atoms with Crippen LogP contribution in [0.5, 0.6) is 5.75 Å². The van der Waals surface area contributed by atoms with Gasteiger partial charge >= 0.3 is 0 Å². The van der Waals surface area contributed by atoms with E-state index in [2.05, 4.69) is 15.6 Å². The average Bonchev–Trinajstić information content (AvgIpc) is 2.67. The number of aryl methyl sites for hydroxylation is 1. The second kappa shape index (κ2) is 12.3. The smallest absolute Gasteiger partial charge is 0.255 e. The van der Waals surface area contributed by atoms with Crippen LogP contribution in [0.2, 0.25) is 0 Å². The summed E-state index contributed by atoms with van der Waals surface area (Å²) in [6, 6.07) is 12.4. The fourth-order valence-electron chi connectivity index (χ4n) is 2.55. The number of hydrogen-bond donors (Lipinski definition) is 3. The molecule has 1 atom stereocenters. The maximum atomic E-state index is 13.8. The highest BCUT2D eigenvalue weighted by Gasteiger charge is 2.10. The third kappa shape index (κ3) is 8.26. The maximum absolute atomic E-state index is 13.8. The first-order valence-corrected chi connectivity index (χ1v) is 9.20. The molecule has 158 valence electrons. The van der Waals surface area contributed by atoms with Gasteiger partial charge in [0, 0.05) is 6.54 Å². The van der Waals surface area contributed by atoms with Gasteiger partial charge in [0.2, 0.25) is 0 Å². The first-order valence-electron chi connectivity index (χ1n) is 9.20. The molecule has 1 amide bonds. The van der Waals surface area contributed by atoms with E-state index >= 15 is 0 Å². The number of rotatable bonds is 8. The molecule has 0 aliphatic heterocycles. The van der Waals surface area contributed by atoms with Crippen molar-refractivity contribution >= 4 is 35.8 Å². The minimum atomic E-state index is -0.524. The Morgan fingerprint density at radius 1 is 1.28 bits per heavy atom. The number of nitrogens with one attached hydrogen (secondary N) is 2. The largest absolute Gasteiger partial charge is 0.484 e. The van der Waals surface area contributed by atoms with Crippen molar-refractivity contribution in [2.24, 2.45) is 10.7 Å². The first kappa shape index (κ1) is 24.7. The summed E-state index contributed by atoms with van der Waals surface area (Å²) in [6.45, 7) is 6.62. The summed E-state index contributed by atoms with van der Waals surface area (Å²) in [5, 5.41) is 6.47. The van der Waals surface area contributed by atoms with Gasteiger partial charge in [-0.2, -0.15) is 0 Å². The number of benzene rings is 2. The number of amides is 1. The number of aliphatic imine (C=N–C) groups is 1. The van der Waals surface area contributed by atoms with E-state index in [4.69, 9.17) is 10.5 Å². The number of nitrogens with zero attached hydrogens (tertiary/aromatic N) is 1. The van der Waals surface area contributed by atoms with E-state index < -0.39 is 5.91 Å². The molecule has 1 unspecified atom stereocenters. The molecule has 0 heterocycles. The molecule has 0 aliphatic carbocycles. The van der Waals surface area contributed by atoms with E-state index in [0.29, 0.717) is 30.4 Å². The van der Waals surface area contributed by atoms with Crippen LogP contribution < -0.4 is 21.1 Å². The van der Waals surface area contributed by atoms with Crippen LogP contribution in [0.4, 0.5) is 4.39 Å². The van der Waals surface area contributed by atoms with Crippen molar-refractivity contribution in [3.63, 3.8) is 0 Å². The minimum absolute atomic E-state index is 0. The Bertz CT molecular complexity index is 845. The summed E-state index contributed by atoms with van der Waals surface area (Å²) >= 11 is 0. The molecular formula is C21H28FIN4O2. The number of guanidine groups is 1. The molecule has 0 saturated heterocycles. The van der Waals surface area contributed by atoms with Crippen molar-refractivity contribution in [2.45, 2.75) is 33.4 Å². The SMILES string of the molecule is CCNC(=NCc1cccc(OCC(N)=O)c1)NC(C)c1ccc(C)c(F)c1.I. The van der Waals surface area contributed by atoms with Gasteiger partial charge in [-0.05, 0) is 55.7 Å². The standard InChI is InChI=1S/C21H27FN4O2.HI/c1-4-24-21(26-15(3)17-9-8-14(2)19(22)11-17)25-12-16-6-5-7-18(10-16)28-13-20(23)27;/h5-11,15H,4,12-13H2,1-3H3,(H2,23,27)(H2,24,25,26);1H. The van der Waals surface area contributed by atoms with Gasteiger partial charge in [-0.15, -0.1) is 24.0 Å². The number of carbonyl (C=O) groups excluding carboxylic acids is 1. The topological polar surface area (TPSA) is 88.7 Å². The maximum Gasteiger partial charge on any atom is 0.255 e. The summed E-state index contributed by atoms with van der Waals surface area (Å²) < 4.78 is 19.1. The van der Waals surface area contributed by atoms with Crippen molar-refractivity contribution in [2.75, 3.05) is 13.2 Å². The molecule has 0 fully saturated rings. The Morgan fingerprint density at radius 3 is 2.69 bits per heavy atom. The number of hydrogen-bond acceptors (Lipinski definition) is 3. The molecular weight excluding hydrogens is 486 g/mol. The molecule has 0 spiro atoms. The van der Waals surface area contributed by atoms with Gasteiger partial charge in [0.25, 0.3) is 5.91 Å². The average molecular weight is 514 g/mol. The van der Waals surface area contributed by atoms with E-state index in [1.165, 1.54) is 6.07 Å². The summed E-state index contributed by atoms with van der Waals surface area (Å²) in [5.74, 6) is 0.442. The number of primary amides is 1. The molecule has 2 rings (SSSR count). The Labute approximate surface area is 188 Å². The van der Waals surface area contributed by atoms with Gasteiger partial charge in [0.05, 0.1) is 12.6 Å². The molecule has 4 N–H and O–H groups in total. The van der Waals surface area contributed by atoms with E-state index in [9.17, 15) is 9.18 Å². The van der Waals surface area contributed by atoms with Crippen molar-refractivity contribution in [3.8, 4) is 5.75 Å². The Hall–Kier alpha value is -2.36. The molecule has 8 heteroatoms. The lowest BCUT2D eigenvalue weighted by Crippen LogP contribution is -2.38. The van der Waals surface area contributed by atoms with Crippen LogP contribution in [-0.2, 0) is 11.3 Å². The Balaban J connectivity index is 0.00000420. The number of carbonyl (C=O) groups is 1. The fraction of sp³-hybridized carbons (Fsp3) is 0.333. The highest BCUT2D eigenvalue weighted by molar-refractivity contribution is 14.0. The van der Waals surface area contributed by atoms with Crippen molar-refractivity contribution in [1.82, 2.24) is 10.6 Å². The lowest BCUT2D eigenvalue weighted by Gasteiger charge is -2.18. The molecule has 2 aromatic carbocycles. The minimum Gasteiger partial charge on any atom is -0.484 e. The van der Waals surface area contributed by atoms with Crippen molar-refractivity contribution < 1.29 is 13.9 Å². The summed E-state index contributed by atoms with van der Waals surface area (Å²) in [4.78, 5) is 15.4. The first-order chi connectivity index (χ1) is 13.4. The quantitative estimate of drug-likeness (QED) is 0.286. The molecule has 0 aromatic heterocycles. The lowest BCUT2D eigenvalue weighted by atomic mass is 10.1. The molecule has 0 radical (unpaired) electrons. The number of nitrogens with two attached hydrogens (primary N) is 1. The van der Waals surface area contributed by atoms with E-state index in [0.717, 1.165) is 11.1 Å². The summed E-state index contributed by atoms with van der Waals surface area (Å²) in [5.41, 5.74) is 7.48. The van der Waals surface area contributed by atoms with Crippen LogP contribution >= 0.6 is 24.0 Å². The predicted octanol–water partition coefficient (Wildman–Crippen LogP) is 3.43. The van der Waals surface area contributed by atoms with Crippen LogP contribution in [0.15, 0.2) is 47.5 Å². The second-order valence-corrected chi connectivity index (χ2v) is 6.47. The van der Waals surface area contributed by atoms with Crippen LogP contribution in [0.25, 0.3) is 0 Å². The van der Waals surface area contributed by atoms with Gasteiger partial charge in [-0.1, -0.05) is 24.3 Å². The van der Waals surface area contributed by atoms with Crippen LogP contribution in [-0.4, -0.2) is 25.0 Å². The summed E-state index contributed by atoms with van der Waals surface area (Å²) in [6.07, 6.45) is 0. The zero-order chi connectivity index (χ0) is 20.5. The molecule has 29 heavy (non-hydrogen) atoms. The second-order valence-electron chi connectivity index (χ2n) is 6.47. The normalized spacial score (nSPS) is 11.9. The predicted molar refractivity (Wildman–Crippen MR) is 124 cm³/mol. The van der Waals surface area contributed by atoms with Gasteiger partial charge in [0.15, 0.2) is 12.6 Å². The van der Waals surface area contributed by atoms with Gasteiger partial charge < -0.3 is 21.1 Å². The highest BCUT2D eigenvalue weighted by Crippen LogP contribution is 2.17. The Kier molecular flexibility index (Phi) is 10.4. The van der Waals surface area contributed by atoms with Crippen LogP contribution in [0.3, 0.4) is 0 Å². The Morgan fingerprint density at radius 2 is 2.03 bits per heavy atom. The zero-order valence-corrected chi connectivity index (χ0v) is 19.2. The molecule has 0 bridgehead atoms. The monoisotopic (exact) mass is 514 g/mol. The molecule has 0 saturated carbocycles. The number of ether oxygens (including phenoxy) is 1. The van der Waals surface area contributed by atoms with E-state index in [1.807, 2.05) is 38.1 Å². The third-order valence-corrected chi connectivity index (χ3v) is 4.09. The van der Waals surface area contributed by atoms with Crippen LogP contribution in [0, 0.1) is 12.7 Å². The molecule has 0 aliphatic rings. The third-order valence-electron chi connectivity index (χ3n) is 4.09. The lowest BCUT2D eigenvalue weighted by molar-refractivity contribution is -0.119. The van der Waals surface area contributed by atoms with Gasteiger partial charge in [-0.25, -0.2) is 9.38 Å².